The highest BCUT2D eigenvalue weighted by Crippen LogP contribution is 2.16. The van der Waals surface area contributed by atoms with Gasteiger partial charge in [0.1, 0.15) is 11.6 Å². The first kappa shape index (κ1) is 20.9. The van der Waals surface area contributed by atoms with Crippen LogP contribution in [0.2, 0.25) is 0 Å². The molecule has 0 saturated heterocycles. The van der Waals surface area contributed by atoms with Crippen molar-refractivity contribution in [1.29, 1.82) is 0 Å². The lowest BCUT2D eigenvalue weighted by Gasteiger charge is -2.13. The lowest BCUT2D eigenvalue weighted by Crippen LogP contribution is -2.38. The van der Waals surface area contributed by atoms with Crippen LogP contribution < -0.4 is 10.6 Å². The summed E-state index contributed by atoms with van der Waals surface area (Å²) in [5.41, 5.74) is 1.34. The Kier molecular flexibility index (Phi) is 7.83. The SMILES string of the molecule is CN=C(NCCn1cccc1)NCc1ccc(-n2ccnc2C)c(F)c1.I. The molecule has 2 aromatic heterocycles. The first-order valence-electron chi connectivity index (χ1n) is 8.51. The van der Waals surface area contributed by atoms with Crippen LogP contribution in [0.5, 0.6) is 0 Å². The van der Waals surface area contributed by atoms with Crippen LogP contribution in [-0.2, 0) is 13.1 Å². The molecule has 0 saturated carbocycles. The van der Waals surface area contributed by atoms with Crippen LogP contribution >= 0.6 is 24.0 Å². The molecular weight excluding hydrogens is 458 g/mol. The molecule has 0 radical (unpaired) electrons. The minimum Gasteiger partial charge on any atom is -0.355 e. The fourth-order valence-electron chi connectivity index (χ4n) is 2.72. The Labute approximate surface area is 175 Å². The van der Waals surface area contributed by atoms with E-state index >= 15 is 0 Å². The van der Waals surface area contributed by atoms with Crippen LogP contribution in [0, 0.1) is 12.7 Å². The van der Waals surface area contributed by atoms with E-state index in [0.29, 0.717) is 18.2 Å². The molecular formula is C19H24FIN6. The summed E-state index contributed by atoms with van der Waals surface area (Å²) in [5, 5.41) is 6.45. The van der Waals surface area contributed by atoms with E-state index < -0.39 is 0 Å². The van der Waals surface area contributed by atoms with E-state index in [1.165, 1.54) is 6.07 Å². The standard InChI is InChI=1S/C19H23FN6.HI/c1-15-22-8-12-26(15)18-6-5-16(13-17(18)20)14-24-19(21-2)23-7-11-25-9-3-4-10-25;/h3-6,8-10,12-13H,7,11,14H2,1-2H3,(H2,21,23,24);1H. The van der Waals surface area contributed by atoms with Gasteiger partial charge in [-0.3, -0.25) is 4.99 Å². The molecule has 0 atom stereocenters. The van der Waals surface area contributed by atoms with Crippen LogP contribution in [-0.4, -0.2) is 33.7 Å². The number of hydrogen-bond acceptors (Lipinski definition) is 2. The first-order valence-corrected chi connectivity index (χ1v) is 8.51. The summed E-state index contributed by atoms with van der Waals surface area (Å²) in [7, 11) is 1.72. The molecule has 1 aromatic carbocycles. The van der Waals surface area contributed by atoms with Crippen molar-refractivity contribution in [3.63, 3.8) is 0 Å². The summed E-state index contributed by atoms with van der Waals surface area (Å²) in [6.07, 6.45) is 7.45. The lowest BCUT2D eigenvalue weighted by molar-refractivity contribution is 0.613. The number of nitrogens with zero attached hydrogens (tertiary/aromatic N) is 4. The molecule has 3 rings (SSSR count). The number of nitrogens with one attached hydrogen (secondary N) is 2. The summed E-state index contributed by atoms with van der Waals surface area (Å²) in [5.74, 6) is 1.16. The molecule has 0 spiro atoms. The molecule has 0 aliphatic rings. The molecule has 2 heterocycles. The monoisotopic (exact) mass is 482 g/mol. The van der Waals surface area contributed by atoms with Crippen LogP contribution in [0.15, 0.2) is 60.1 Å². The van der Waals surface area contributed by atoms with Crippen molar-refractivity contribution >= 4 is 29.9 Å². The molecule has 144 valence electrons. The van der Waals surface area contributed by atoms with Crippen molar-refractivity contribution in [2.75, 3.05) is 13.6 Å². The number of benzene rings is 1. The minimum atomic E-state index is -0.277. The summed E-state index contributed by atoms with van der Waals surface area (Å²) in [4.78, 5) is 8.33. The Morgan fingerprint density at radius 3 is 2.59 bits per heavy atom. The third-order valence-corrected chi connectivity index (χ3v) is 4.11. The number of hydrogen-bond donors (Lipinski definition) is 2. The maximum atomic E-state index is 14.4. The second-order valence-corrected chi connectivity index (χ2v) is 5.90. The van der Waals surface area contributed by atoms with E-state index in [0.717, 1.165) is 24.5 Å². The Morgan fingerprint density at radius 2 is 1.96 bits per heavy atom. The highest BCUT2D eigenvalue weighted by molar-refractivity contribution is 14.0. The van der Waals surface area contributed by atoms with Gasteiger partial charge in [-0.25, -0.2) is 9.37 Å². The van der Waals surface area contributed by atoms with E-state index in [9.17, 15) is 4.39 Å². The predicted octanol–water partition coefficient (Wildman–Crippen LogP) is 3.10. The number of aromatic nitrogens is 3. The van der Waals surface area contributed by atoms with Crippen LogP contribution in [0.4, 0.5) is 4.39 Å². The summed E-state index contributed by atoms with van der Waals surface area (Å²) in [6, 6.07) is 9.20. The summed E-state index contributed by atoms with van der Waals surface area (Å²) < 4.78 is 18.3. The third-order valence-electron chi connectivity index (χ3n) is 4.11. The van der Waals surface area contributed by atoms with Crippen molar-refractivity contribution in [1.82, 2.24) is 24.8 Å². The molecule has 6 nitrogen and oxygen atoms in total. The van der Waals surface area contributed by atoms with Gasteiger partial charge in [-0.15, -0.1) is 24.0 Å². The van der Waals surface area contributed by atoms with Crippen LogP contribution in [0.1, 0.15) is 11.4 Å². The number of imidazole rings is 1. The molecule has 0 bridgehead atoms. The average molecular weight is 482 g/mol. The van der Waals surface area contributed by atoms with Gasteiger partial charge in [0.15, 0.2) is 5.96 Å². The average Bonchev–Trinajstić information content (AvgIpc) is 3.30. The van der Waals surface area contributed by atoms with Crippen molar-refractivity contribution in [2.45, 2.75) is 20.0 Å². The molecule has 0 aliphatic carbocycles. The zero-order chi connectivity index (χ0) is 18.4. The van der Waals surface area contributed by atoms with E-state index in [2.05, 4.69) is 25.2 Å². The molecule has 0 fully saturated rings. The third kappa shape index (κ3) is 5.56. The van der Waals surface area contributed by atoms with E-state index in [1.807, 2.05) is 37.5 Å². The predicted molar refractivity (Wildman–Crippen MR) is 116 cm³/mol. The van der Waals surface area contributed by atoms with Crippen LogP contribution in [0.25, 0.3) is 5.69 Å². The Morgan fingerprint density at radius 1 is 1.19 bits per heavy atom. The van der Waals surface area contributed by atoms with Crippen LogP contribution in [0.3, 0.4) is 0 Å². The largest absolute Gasteiger partial charge is 0.355 e. The first-order chi connectivity index (χ1) is 12.7. The quantitative estimate of drug-likeness (QED) is 0.323. The van der Waals surface area contributed by atoms with Crippen molar-refractivity contribution < 1.29 is 4.39 Å². The van der Waals surface area contributed by atoms with Gasteiger partial charge in [-0.1, -0.05) is 6.07 Å². The number of halogens is 2. The summed E-state index contributed by atoms with van der Waals surface area (Å²) >= 11 is 0. The fourth-order valence-corrected chi connectivity index (χ4v) is 2.72. The fraction of sp³-hybridized carbons (Fsp3) is 0.263. The summed E-state index contributed by atoms with van der Waals surface area (Å²) in [6.45, 7) is 3.93. The second kappa shape index (κ2) is 10.1. The van der Waals surface area contributed by atoms with Crippen molar-refractivity contribution in [3.05, 3.63) is 72.3 Å². The van der Waals surface area contributed by atoms with Gasteiger partial charge in [0.2, 0.25) is 0 Å². The molecule has 8 heteroatoms. The van der Waals surface area contributed by atoms with E-state index in [1.54, 1.807) is 30.1 Å². The van der Waals surface area contributed by atoms with Gasteiger partial charge >= 0.3 is 0 Å². The van der Waals surface area contributed by atoms with Crippen molar-refractivity contribution in [2.24, 2.45) is 4.99 Å². The molecule has 0 amide bonds. The van der Waals surface area contributed by atoms with Gasteiger partial charge in [-0.2, -0.15) is 0 Å². The smallest absolute Gasteiger partial charge is 0.191 e. The highest BCUT2D eigenvalue weighted by Gasteiger charge is 2.08. The van der Waals surface area contributed by atoms with Gasteiger partial charge in [0.25, 0.3) is 0 Å². The normalized spacial score (nSPS) is 11.1. The molecule has 2 N–H and O–H groups in total. The number of aliphatic imine (C=N–C) groups is 1. The zero-order valence-corrected chi connectivity index (χ0v) is 17.7. The van der Waals surface area contributed by atoms with E-state index in [-0.39, 0.29) is 29.8 Å². The molecule has 0 aliphatic heterocycles. The number of aryl methyl sites for hydroxylation is 1. The van der Waals surface area contributed by atoms with Gasteiger partial charge < -0.3 is 19.8 Å². The molecule has 27 heavy (non-hydrogen) atoms. The number of guanidine groups is 1. The lowest BCUT2D eigenvalue weighted by atomic mass is 10.2. The van der Waals surface area contributed by atoms with Crippen molar-refractivity contribution in [3.8, 4) is 5.69 Å². The number of rotatable bonds is 6. The van der Waals surface area contributed by atoms with E-state index in [4.69, 9.17) is 0 Å². The topological polar surface area (TPSA) is 59.2 Å². The highest BCUT2D eigenvalue weighted by atomic mass is 127. The Hall–Kier alpha value is -2.36. The molecule has 0 unspecified atom stereocenters. The van der Waals surface area contributed by atoms with Gasteiger partial charge in [0.05, 0.1) is 5.69 Å². The second-order valence-electron chi connectivity index (χ2n) is 5.90. The Balaban J connectivity index is 0.00000261. The Bertz CT molecular complexity index is 872. The van der Waals surface area contributed by atoms with Gasteiger partial charge in [-0.05, 0) is 36.8 Å². The zero-order valence-electron chi connectivity index (χ0n) is 15.4. The molecule has 3 aromatic rings. The van der Waals surface area contributed by atoms with Gasteiger partial charge in [0, 0.05) is 51.5 Å². The maximum absolute atomic E-state index is 14.4. The maximum Gasteiger partial charge on any atom is 0.191 e. The minimum absolute atomic E-state index is 0.